The van der Waals surface area contributed by atoms with E-state index in [2.05, 4.69) is 5.10 Å². The molecule has 1 aliphatic rings. The zero-order valence-corrected chi connectivity index (χ0v) is 13.2. The summed E-state index contributed by atoms with van der Waals surface area (Å²) in [4.78, 5) is 12.3. The number of nitrogens with zero attached hydrogens (tertiary/aromatic N) is 3. The van der Waals surface area contributed by atoms with Gasteiger partial charge in [0.05, 0.1) is 25.9 Å². The van der Waals surface area contributed by atoms with Gasteiger partial charge in [-0.25, -0.2) is 9.48 Å². The highest BCUT2D eigenvalue weighted by Gasteiger charge is 2.17. The molecule has 0 bridgehead atoms. The van der Waals surface area contributed by atoms with E-state index in [1.807, 2.05) is 30.3 Å². The van der Waals surface area contributed by atoms with Gasteiger partial charge >= 0.3 is 5.69 Å². The fourth-order valence-corrected chi connectivity index (χ4v) is 2.88. The van der Waals surface area contributed by atoms with Crippen molar-refractivity contribution in [1.82, 2.24) is 14.3 Å². The third-order valence-electron chi connectivity index (χ3n) is 4.09. The SMILES string of the molecule is O=c1n(C[C@H](O)COCc2ccccc2)nc2n1CCCCC2. The number of ether oxygens (including phenoxy) is 1. The van der Waals surface area contributed by atoms with Crippen LogP contribution in [0.25, 0.3) is 0 Å². The van der Waals surface area contributed by atoms with E-state index in [-0.39, 0.29) is 18.8 Å². The first-order valence-corrected chi connectivity index (χ1v) is 8.20. The van der Waals surface area contributed by atoms with Crippen LogP contribution in [0.15, 0.2) is 35.1 Å². The molecule has 1 aromatic carbocycles. The van der Waals surface area contributed by atoms with Crippen molar-refractivity contribution in [2.24, 2.45) is 0 Å². The van der Waals surface area contributed by atoms with Gasteiger partial charge in [0.1, 0.15) is 5.82 Å². The highest BCUT2D eigenvalue weighted by Crippen LogP contribution is 2.10. The Kier molecular flexibility index (Phi) is 5.25. The Bertz CT molecular complexity index is 678. The van der Waals surface area contributed by atoms with Crippen LogP contribution in [0.4, 0.5) is 0 Å². The lowest BCUT2D eigenvalue weighted by molar-refractivity contribution is 0.0181. The summed E-state index contributed by atoms with van der Waals surface area (Å²) < 4.78 is 8.63. The molecule has 0 radical (unpaired) electrons. The van der Waals surface area contributed by atoms with E-state index in [1.54, 1.807) is 4.57 Å². The molecular weight excluding hydrogens is 294 g/mol. The Morgan fingerprint density at radius 1 is 1.22 bits per heavy atom. The summed E-state index contributed by atoms with van der Waals surface area (Å²) in [5.74, 6) is 0.838. The predicted molar refractivity (Wildman–Crippen MR) is 86.1 cm³/mol. The van der Waals surface area contributed by atoms with Crippen molar-refractivity contribution in [3.8, 4) is 0 Å². The molecule has 0 saturated carbocycles. The molecule has 1 N–H and O–H groups in total. The molecule has 1 atom stereocenters. The van der Waals surface area contributed by atoms with E-state index in [0.717, 1.165) is 43.6 Å². The van der Waals surface area contributed by atoms with Crippen LogP contribution >= 0.6 is 0 Å². The van der Waals surface area contributed by atoms with E-state index in [0.29, 0.717) is 6.61 Å². The summed E-state index contributed by atoms with van der Waals surface area (Å²) in [6.45, 7) is 1.54. The summed E-state index contributed by atoms with van der Waals surface area (Å²) in [6, 6.07) is 9.81. The van der Waals surface area contributed by atoms with E-state index in [9.17, 15) is 9.90 Å². The van der Waals surface area contributed by atoms with Crippen LogP contribution in [0.3, 0.4) is 0 Å². The Labute approximate surface area is 135 Å². The van der Waals surface area contributed by atoms with E-state index in [1.165, 1.54) is 4.68 Å². The number of hydrogen-bond donors (Lipinski definition) is 1. The Morgan fingerprint density at radius 2 is 2.04 bits per heavy atom. The van der Waals surface area contributed by atoms with Crippen molar-refractivity contribution in [2.75, 3.05) is 6.61 Å². The van der Waals surface area contributed by atoms with Crippen LogP contribution in [0, 0.1) is 0 Å². The first-order chi connectivity index (χ1) is 11.2. The smallest absolute Gasteiger partial charge is 0.346 e. The lowest BCUT2D eigenvalue weighted by Crippen LogP contribution is -2.31. The summed E-state index contributed by atoms with van der Waals surface area (Å²) in [7, 11) is 0. The standard InChI is InChI=1S/C17H23N3O3/c21-15(13-23-12-14-7-3-1-4-8-14)11-20-17(22)19-10-6-2-5-9-16(19)18-20/h1,3-4,7-8,15,21H,2,5-6,9-13H2/t15-/m0/s1. The minimum atomic E-state index is -0.740. The average molecular weight is 317 g/mol. The van der Waals surface area contributed by atoms with Gasteiger partial charge in [-0.05, 0) is 18.4 Å². The van der Waals surface area contributed by atoms with Gasteiger partial charge in [0.2, 0.25) is 0 Å². The quantitative estimate of drug-likeness (QED) is 0.873. The molecular formula is C17H23N3O3. The van der Waals surface area contributed by atoms with Crippen LogP contribution < -0.4 is 5.69 Å². The van der Waals surface area contributed by atoms with Gasteiger partial charge in [0.25, 0.3) is 0 Å². The van der Waals surface area contributed by atoms with Gasteiger partial charge in [-0.3, -0.25) is 4.57 Å². The molecule has 0 unspecified atom stereocenters. The molecule has 0 fully saturated rings. The molecule has 3 rings (SSSR count). The highest BCUT2D eigenvalue weighted by atomic mass is 16.5. The summed E-state index contributed by atoms with van der Waals surface area (Å²) in [5.41, 5.74) is 0.939. The van der Waals surface area contributed by atoms with Crippen molar-refractivity contribution in [3.63, 3.8) is 0 Å². The number of rotatable bonds is 6. The maximum absolute atomic E-state index is 12.3. The molecule has 0 saturated heterocycles. The second kappa shape index (κ2) is 7.57. The average Bonchev–Trinajstić information content (AvgIpc) is 2.74. The van der Waals surface area contributed by atoms with Crippen LogP contribution in [-0.4, -0.2) is 32.2 Å². The van der Waals surface area contributed by atoms with Crippen molar-refractivity contribution in [2.45, 2.75) is 51.5 Å². The molecule has 2 heterocycles. The molecule has 0 spiro atoms. The molecule has 0 aliphatic carbocycles. The van der Waals surface area contributed by atoms with Crippen LogP contribution in [0.1, 0.15) is 30.7 Å². The number of benzene rings is 1. The van der Waals surface area contributed by atoms with Crippen LogP contribution in [-0.2, 0) is 30.9 Å². The number of fused-ring (bicyclic) bond motifs is 1. The third-order valence-corrected chi connectivity index (χ3v) is 4.09. The highest BCUT2D eigenvalue weighted by molar-refractivity contribution is 5.13. The van der Waals surface area contributed by atoms with E-state index < -0.39 is 6.10 Å². The first-order valence-electron chi connectivity index (χ1n) is 8.20. The Morgan fingerprint density at radius 3 is 2.87 bits per heavy atom. The van der Waals surface area contributed by atoms with Gasteiger partial charge < -0.3 is 9.84 Å². The van der Waals surface area contributed by atoms with Crippen molar-refractivity contribution in [3.05, 3.63) is 52.2 Å². The number of hydrogen-bond acceptors (Lipinski definition) is 4. The molecule has 1 aliphatic heterocycles. The van der Waals surface area contributed by atoms with Crippen LogP contribution in [0.2, 0.25) is 0 Å². The molecule has 6 heteroatoms. The molecule has 0 amide bonds. The number of aliphatic hydroxyl groups excluding tert-OH is 1. The second-order valence-electron chi connectivity index (χ2n) is 6.00. The lowest BCUT2D eigenvalue weighted by Gasteiger charge is -2.10. The van der Waals surface area contributed by atoms with Gasteiger partial charge in [0, 0.05) is 13.0 Å². The van der Waals surface area contributed by atoms with Crippen molar-refractivity contribution < 1.29 is 9.84 Å². The lowest BCUT2D eigenvalue weighted by atomic mass is 10.2. The second-order valence-corrected chi connectivity index (χ2v) is 6.00. The van der Waals surface area contributed by atoms with Gasteiger partial charge in [-0.15, -0.1) is 0 Å². The zero-order valence-electron chi connectivity index (χ0n) is 13.2. The largest absolute Gasteiger partial charge is 0.389 e. The zero-order chi connectivity index (χ0) is 16.1. The maximum Gasteiger partial charge on any atom is 0.346 e. The Hall–Kier alpha value is -1.92. The molecule has 1 aromatic heterocycles. The van der Waals surface area contributed by atoms with Crippen molar-refractivity contribution in [1.29, 1.82) is 0 Å². The molecule has 124 valence electrons. The summed E-state index contributed by atoms with van der Waals surface area (Å²) in [5, 5.41) is 14.5. The van der Waals surface area contributed by atoms with E-state index >= 15 is 0 Å². The number of aryl methyl sites for hydroxylation is 1. The summed E-state index contributed by atoms with van der Waals surface area (Å²) in [6.07, 6.45) is 3.32. The van der Waals surface area contributed by atoms with Crippen LogP contribution in [0.5, 0.6) is 0 Å². The molecule has 2 aromatic rings. The normalized spacial score (nSPS) is 15.9. The first kappa shape index (κ1) is 16.0. The fourth-order valence-electron chi connectivity index (χ4n) is 2.88. The number of aliphatic hydroxyl groups is 1. The summed E-state index contributed by atoms with van der Waals surface area (Å²) >= 11 is 0. The van der Waals surface area contributed by atoms with Gasteiger partial charge in [-0.2, -0.15) is 5.10 Å². The maximum atomic E-state index is 12.3. The molecule has 6 nitrogen and oxygen atoms in total. The van der Waals surface area contributed by atoms with E-state index in [4.69, 9.17) is 4.74 Å². The predicted octanol–water partition coefficient (Wildman–Crippen LogP) is 1.35. The fraction of sp³-hybridized carbons (Fsp3) is 0.529. The molecule has 23 heavy (non-hydrogen) atoms. The Balaban J connectivity index is 1.54. The van der Waals surface area contributed by atoms with Gasteiger partial charge in [0.15, 0.2) is 0 Å². The van der Waals surface area contributed by atoms with Gasteiger partial charge in [-0.1, -0.05) is 36.8 Å². The topological polar surface area (TPSA) is 69.3 Å². The monoisotopic (exact) mass is 317 g/mol. The minimum Gasteiger partial charge on any atom is -0.389 e. The third kappa shape index (κ3) is 4.09. The number of aromatic nitrogens is 3. The van der Waals surface area contributed by atoms with Crippen molar-refractivity contribution >= 4 is 0 Å². The minimum absolute atomic E-state index is 0.121.